The van der Waals surface area contributed by atoms with Crippen LogP contribution < -0.4 is 4.18 Å². The monoisotopic (exact) mass is 348 g/mol. The minimum absolute atomic E-state index is 0.000974. The molecule has 0 saturated heterocycles. The summed E-state index contributed by atoms with van der Waals surface area (Å²) in [6.45, 7) is -0.327. The van der Waals surface area contributed by atoms with Crippen molar-refractivity contribution in [2.75, 3.05) is 0 Å². The Hall–Kier alpha value is -2.08. The normalized spacial score (nSPS) is 11.6. The Balaban J connectivity index is 2.05. The molecule has 0 spiro atoms. The van der Waals surface area contributed by atoms with Crippen LogP contribution in [-0.2, 0) is 16.7 Å². The SMILES string of the molecule is O=S(=O)(Oc1ccc2ccccc2c1CO)c1ccc(Cl)cc1. The molecule has 0 aliphatic carbocycles. The van der Waals surface area contributed by atoms with Crippen LogP contribution >= 0.6 is 11.6 Å². The van der Waals surface area contributed by atoms with E-state index in [9.17, 15) is 13.5 Å². The van der Waals surface area contributed by atoms with Gasteiger partial charge in [0, 0.05) is 10.6 Å². The lowest BCUT2D eigenvalue weighted by Gasteiger charge is -2.12. The predicted octanol–water partition coefficient (Wildman–Crippen LogP) is 3.75. The van der Waals surface area contributed by atoms with E-state index in [-0.39, 0.29) is 17.3 Å². The number of hydrogen-bond donors (Lipinski definition) is 1. The number of benzene rings is 3. The molecule has 3 rings (SSSR count). The zero-order valence-corrected chi connectivity index (χ0v) is 13.5. The number of rotatable bonds is 4. The molecule has 1 N–H and O–H groups in total. The second-order valence-corrected chi connectivity index (χ2v) is 6.90. The molecule has 0 unspecified atom stereocenters. The first-order valence-corrected chi connectivity index (χ1v) is 8.61. The van der Waals surface area contributed by atoms with Crippen LogP contribution in [0.5, 0.6) is 5.75 Å². The smallest absolute Gasteiger partial charge is 0.339 e. The van der Waals surface area contributed by atoms with Crippen LogP contribution in [0.1, 0.15) is 5.56 Å². The molecule has 4 nitrogen and oxygen atoms in total. The number of aliphatic hydroxyl groups is 1. The Labute approximate surface area is 139 Å². The third-order valence-corrected chi connectivity index (χ3v) is 4.96. The predicted molar refractivity (Wildman–Crippen MR) is 89.1 cm³/mol. The van der Waals surface area contributed by atoms with E-state index >= 15 is 0 Å². The van der Waals surface area contributed by atoms with Gasteiger partial charge >= 0.3 is 10.1 Å². The van der Waals surface area contributed by atoms with Crippen molar-refractivity contribution in [3.8, 4) is 5.75 Å². The zero-order valence-electron chi connectivity index (χ0n) is 11.9. The van der Waals surface area contributed by atoms with Crippen molar-refractivity contribution in [3.05, 3.63) is 71.2 Å². The second kappa shape index (κ2) is 6.20. The molecule has 0 atom stereocenters. The first-order chi connectivity index (χ1) is 11.0. The lowest BCUT2D eigenvalue weighted by Crippen LogP contribution is -2.11. The minimum atomic E-state index is -4.00. The van der Waals surface area contributed by atoms with Gasteiger partial charge in [-0.3, -0.25) is 0 Å². The van der Waals surface area contributed by atoms with E-state index in [2.05, 4.69) is 0 Å². The van der Waals surface area contributed by atoms with Crippen LogP contribution in [0.15, 0.2) is 65.6 Å². The standard InChI is InChI=1S/C17H13ClO4S/c18-13-6-8-14(9-7-13)23(20,21)22-17-10-5-12-3-1-2-4-15(12)16(17)11-19/h1-10,19H,11H2. The summed E-state index contributed by atoms with van der Waals surface area (Å²) in [5.74, 6) is 0.112. The molecule has 0 saturated carbocycles. The van der Waals surface area contributed by atoms with Crippen LogP contribution in [0, 0.1) is 0 Å². The van der Waals surface area contributed by atoms with E-state index in [0.29, 0.717) is 10.6 Å². The van der Waals surface area contributed by atoms with Crippen LogP contribution in [0.4, 0.5) is 0 Å². The molecular weight excluding hydrogens is 336 g/mol. The molecule has 0 aliphatic rings. The van der Waals surface area contributed by atoms with Crippen LogP contribution in [0.2, 0.25) is 5.02 Å². The minimum Gasteiger partial charge on any atom is -0.392 e. The summed E-state index contributed by atoms with van der Waals surface area (Å²) >= 11 is 5.77. The summed E-state index contributed by atoms with van der Waals surface area (Å²) in [6, 6.07) is 16.4. The number of aliphatic hydroxyl groups excluding tert-OH is 1. The van der Waals surface area contributed by atoms with Crippen LogP contribution in [0.25, 0.3) is 10.8 Å². The topological polar surface area (TPSA) is 63.6 Å². The van der Waals surface area contributed by atoms with Gasteiger partial charge in [0.1, 0.15) is 10.6 Å². The highest BCUT2D eigenvalue weighted by Gasteiger charge is 2.19. The van der Waals surface area contributed by atoms with Crippen molar-refractivity contribution in [1.82, 2.24) is 0 Å². The van der Waals surface area contributed by atoms with Gasteiger partial charge in [-0.15, -0.1) is 0 Å². The second-order valence-electron chi connectivity index (χ2n) is 4.91. The first-order valence-electron chi connectivity index (χ1n) is 6.83. The van der Waals surface area contributed by atoms with E-state index in [1.54, 1.807) is 12.1 Å². The Bertz CT molecular complexity index is 950. The largest absolute Gasteiger partial charge is 0.392 e. The number of fused-ring (bicyclic) bond motifs is 1. The maximum Gasteiger partial charge on any atom is 0.339 e. The van der Waals surface area contributed by atoms with E-state index in [4.69, 9.17) is 15.8 Å². The van der Waals surface area contributed by atoms with Gasteiger partial charge in [0.2, 0.25) is 0 Å². The molecule has 0 amide bonds. The fraction of sp³-hybridized carbons (Fsp3) is 0.0588. The molecule has 0 heterocycles. The van der Waals surface area contributed by atoms with Crippen molar-refractivity contribution in [1.29, 1.82) is 0 Å². The van der Waals surface area contributed by atoms with Crippen molar-refractivity contribution in [2.45, 2.75) is 11.5 Å². The van der Waals surface area contributed by atoms with E-state index in [1.807, 2.05) is 24.3 Å². The summed E-state index contributed by atoms with van der Waals surface area (Å²) in [7, 11) is -4.00. The van der Waals surface area contributed by atoms with Crippen molar-refractivity contribution >= 4 is 32.5 Å². The van der Waals surface area contributed by atoms with Gasteiger partial charge in [0.25, 0.3) is 0 Å². The number of hydrogen-bond acceptors (Lipinski definition) is 4. The van der Waals surface area contributed by atoms with Gasteiger partial charge in [0.05, 0.1) is 6.61 Å². The molecule has 0 aliphatic heterocycles. The molecule has 3 aromatic rings. The number of halogens is 1. The first kappa shape index (κ1) is 15.8. The van der Waals surface area contributed by atoms with E-state index in [1.165, 1.54) is 24.3 Å². The van der Waals surface area contributed by atoms with Crippen molar-refractivity contribution in [2.24, 2.45) is 0 Å². The molecule has 23 heavy (non-hydrogen) atoms. The molecule has 0 bridgehead atoms. The maximum absolute atomic E-state index is 12.4. The highest BCUT2D eigenvalue weighted by atomic mass is 35.5. The molecule has 0 fully saturated rings. The van der Waals surface area contributed by atoms with E-state index < -0.39 is 10.1 Å². The fourth-order valence-electron chi connectivity index (χ4n) is 2.32. The summed E-state index contributed by atoms with van der Waals surface area (Å²) in [5.41, 5.74) is 0.431. The molecule has 0 aromatic heterocycles. The van der Waals surface area contributed by atoms with Crippen molar-refractivity contribution < 1.29 is 17.7 Å². The molecule has 118 valence electrons. The third kappa shape index (κ3) is 3.17. The Morgan fingerprint density at radius 3 is 2.35 bits per heavy atom. The fourth-order valence-corrected chi connectivity index (χ4v) is 3.41. The average molecular weight is 349 g/mol. The molecular formula is C17H13ClO4S. The lowest BCUT2D eigenvalue weighted by molar-refractivity contribution is 0.280. The third-order valence-electron chi connectivity index (χ3n) is 3.46. The van der Waals surface area contributed by atoms with Gasteiger partial charge in [-0.1, -0.05) is 41.9 Å². The van der Waals surface area contributed by atoms with E-state index in [0.717, 1.165) is 10.8 Å². The van der Waals surface area contributed by atoms with Crippen LogP contribution in [0.3, 0.4) is 0 Å². The summed E-state index contributed by atoms with van der Waals surface area (Å²) < 4.78 is 30.0. The van der Waals surface area contributed by atoms with Gasteiger partial charge < -0.3 is 9.29 Å². The highest BCUT2D eigenvalue weighted by Crippen LogP contribution is 2.30. The van der Waals surface area contributed by atoms with Gasteiger partial charge in [0.15, 0.2) is 0 Å². The Kier molecular flexibility index (Phi) is 4.26. The maximum atomic E-state index is 12.4. The zero-order chi connectivity index (χ0) is 16.4. The lowest BCUT2D eigenvalue weighted by atomic mass is 10.0. The molecule has 6 heteroatoms. The van der Waals surface area contributed by atoms with Gasteiger partial charge in [-0.25, -0.2) is 0 Å². The molecule has 0 radical (unpaired) electrons. The highest BCUT2D eigenvalue weighted by molar-refractivity contribution is 7.87. The molecule has 3 aromatic carbocycles. The average Bonchev–Trinajstić information content (AvgIpc) is 2.55. The summed E-state index contributed by atoms with van der Waals surface area (Å²) in [5, 5.41) is 11.7. The van der Waals surface area contributed by atoms with Crippen molar-refractivity contribution in [3.63, 3.8) is 0 Å². The Morgan fingerprint density at radius 2 is 1.65 bits per heavy atom. The van der Waals surface area contributed by atoms with Crippen LogP contribution in [-0.4, -0.2) is 13.5 Å². The summed E-state index contributed by atoms with van der Waals surface area (Å²) in [4.78, 5) is -0.000974. The Morgan fingerprint density at radius 1 is 0.957 bits per heavy atom. The van der Waals surface area contributed by atoms with Gasteiger partial charge in [-0.2, -0.15) is 8.42 Å². The quantitative estimate of drug-likeness (QED) is 0.729. The summed E-state index contributed by atoms with van der Waals surface area (Å²) in [6.07, 6.45) is 0. The van der Waals surface area contributed by atoms with Gasteiger partial charge in [-0.05, 0) is 41.1 Å².